The molecule has 1 aromatic carbocycles. The van der Waals surface area contributed by atoms with Gasteiger partial charge in [-0.2, -0.15) is 0 Å². The minimum Gasteiger partial charge on any atom is -0.448 e. The van der Waals surface area contributed by atoms with Gasteiger partial charge < -0.3 is 13.9 Å². The van der Waals surface area contributed by atoms with Crippen molar-refractivity contribution >= 4 is 32.9 Å². The molecule has 0 radical (unpaired) electrons. The van der Waals surface area contributed by atoms with Crippen LogP contribution in [0.15, 0.2) is 45.5 Å². The van der Waals surface area contributed by atoms with Crippen LogP contribution < -0.4 is 0 Å². The number of furan rings is 1. The standard InChI is InChI=1S/C19H19BrFN3O2/c1-22-15-11-18(20)26-17(15)10-16(22)19(25)24-7-5-23(6-8-24)12-13-3-2-4-14(21)9-13/h2-4,9-11H,5-8,12H2,1H3. The van der Waals surface area contributed by atoms with Crippen LogP contribution in [0.25, 0.3) is 11.1 Å². The lowest BCUT2D eigenvalue weighted by atomic mass is 10.2. The van der Waals surface area contributed by atoms with Gasteiger partial charge in [-0.3, -0.25) is 9.69 Å². The molecule has 1 aliphatic heterocycles. The molecular formula is C19H19BrFN3O2. The predicted molar refractivity (Wildman–Crippen MR) is 100 cm³/mol. The Morgan fingerprint density at radius 2 is 1.96 bits per heavy atom. The smallest absolute Gasteiger partial charge is 0.270 e. The summed E-state index contributed by atoms with van der Waals surface area (Å²) in [7, 11) is 1.87. The molecule has 0 atom stereocenters. The van der Waals surface area contributed by atoms with Gasteiger partial charge in [0.1, 0.15) is 11.5 Å². The van der Waals surface area contributed by atoms with Crippen LogP contribution in [-0.4, -0.2) is 46.5 Å². The third kappa shape index (κ3) is 3.29. The Morgan fingerprint density at radius 1 is 1.19 bits per heavy atom. The summed E-state index contributed by atoms with van der Waals surface area (Å²) in [6.45, 7) is 3.56. The maximum atomic E-state index is 13.3. The van der Waals surface area contributed by atoms with Crippen molar-refractivity contribution in [3.63, 3.8) is 0 Å². The molecule has 3 aromatic rings. The van der Waals surface area contributed by atoms with E-state index in [-0.39, 0.29) is 11.7 Å². The maximum absolute atomic E-state index is 13.3. The Kier molecular flexibility index (Phi) is 4.58. The first kappa shape index (κ1) is 17.3. The minimum absolute atomic E-state index is 0.0143. The third-order valence-electron chi connectivity index (χ3n) is 4.87. The van der Waals surface area contributed by atoms with Gasteiger partial charge in [-0.05, 0) is 33.6 Å². The van der Waals surface area contributed by atoms with Crippen molar-refractivity contribution in [1.82, 2.24) is 14.4 Å². The number of piperazine rings is 1. The zero-order chi connectivity index (χ0) is 18.3. The molecule has 2 aromatic heterocycles. The number of carbonyl (C=O) groups is 1. The van der Waals surface area contributed by atoms with Crippen LogP contribution in [0.2, 0.25) is 0 Å². The molecule has 0 N–H and O–H groups in total. The fourth-order valence-corrected chi connectivity index (χ4v) is 3.84. The van der Waals surface area contributed by atoms with Gasteiger partial charge in [0.15, 0.2) is 10.3 Å². The third-order valence-corrected chi connectivity index (χ3v) is 5.27. The van der Waals surface area contributed by atoms with E-state index in [4.69, 9.17) is 4.42 Å². The summed E-state index contributed by atoms with van der Waals surface area (Å²) in [5, 5.41) is 0. The molecule has 0 saturated carbocycles. The van der Waals surface area contributed by atoms with Crippen molar-refractivity contribution < 1.29 is 13.6 Å². The average Bonchev–Trinajstić information content (AvgIpc) is 3.12. The monoisotopic (exact) mass is 419 g/mol. The Morgan fingerprint density at radius 3 is 2.65 bits per heavy atom. The topological polar surface area (TPSA) is 41.6 Å². The number of aryl methyl sites for hydroxylation is 1. The van der Waals surface area contributed by atoms with E-state index < -0.39 is 0 Å². The number of fused-ring (bicyclic) bond motifs is 1. The largest absolute Gasteiger partial charge is 0.448 e. The van der Waals surface area contributed by atoms with Crippen molar-refractivity contribution in [2.75, 3.05) is 26.2 Å². The van der Waals surface area contributed by atoms with Crippen LogP contribution >= 0.6 is 15.9 Å². The quantitative estimate of drug-likeness (QED) is 0.650. The van der Waals surface area contributed by atoms with Crippen molar-refractivity contribution in [3.8, 4) is 0 Å². The number of amides is 1. The molecule has 0 unspecified atom stereocenters. The molecule has 1 amide bonds. The van der Waals surface area contributed by atoms with Crippen molar-refractivity contribution in [2.45, 2.75) is 6.54 Å². The van der Waals surface area contributed by atoms with E-state index in [0.717, 1.165) is 24.2 Å². The molecule has 0 spiro atoms. The van der Waals surface area contributed by atoms with E-state index in [9.17, 15) is 9.18 Å². The molecule has 0 bridgehead atoms. The summed E-state index contributed by atoms with van der Waals surface area (Å²) in [5.41, 5.74) is 3.18. The van der Waals surface area contributed by atoms with Gasteiger partial charge in [0.2, 0.25) is 0 Å². The van der Waals surface area contributed by atoms with Crippen LogP contribution in [0, 0.1) is 5.82 Å². The first-order chi connectivity index (χ1) is 12.5. The number of aromatic nitrogens is 1. The maximum Gasteiger partial charge on any atom is 0.270 e. The number of carbonyl (C=O) groups excluding carboxylic acids is 1. The molecule has 7 heteroatoms. The number of benzene rings is 1. The summed E-state index contributed by atoms with van der Waals surface area (Å²) < 4.78 is 21.4. The summed E-state index contributed by atoms with van der Waals surface area (Å²) in [4.78, 5) is 17.0. The lowest BCUT2D eigenvalue weighted by molar-refractivity contribution is 0.0619. The van der Waals surface area contributed by atoms with Crippen molar-refractivity contribution in [2.24, 2.45) is 7.05 Å². The van der Waals surface area contributed by atoms with Crippen LogP contribution in [0.5, 0.6) is 0 Å². The van der Waals surface area contributed by atoms with Gasteiger partial charge in [0, 0.05) is 51.9 Å². The summed E-state index contributed by atoms with van der Waals surface area (Å²) in [6, 6.07) is 10.3. The molecule has 5 nitrogen and oxygen atoms in total. The second-order valence-corrected chi connectivity index (χ2v) is 7.37. The molecule has 0 aliphatic carbocycles. The van der Waals surface area contributed by atoms with Crippen molar-refractivity contribution in [3.05, 3.63) is 58.1 Å². The molecule has 4 rings (SSSR count). The highest BCUT2D eigenvalue weighted by molar-refractivity contribution is 9.10. The van der Waals surface area contributed by atoms with Crippen LogP contribution in [0.3, 0.4) is 0 Å². The Labute approximate surface area is 159 Å². The molecule has 3 heterocycles. The van der Waals surface area contributed by atoms with Gasteiger partial charge in [0.05, 0.1) is 5.52 Å². The summed E-state index contributed by atoms with van der Waals surface area (Å²) >= 11 is 3.31. The zero-order valence-electron chi connectivity index (χ0n) is 14.4. The van der Waals surface area contributed by atoms with E-state index in [1.54, 1.807) is 18.2 Å². The second kappa shape index (κ2) is 6.89. The van der Waals surface area contributed by atoms with E-state index in [0.29, 0.717) is 35.6 Å². The first-order valence-electron chi connectivity index (χ1n) is 8.52. The van der Waals surface area contributed by atoms with Crippen LogP contribution in [0.4, 0.5) is 4.39 Å². The molecule has 1 saturated heterocycles. The highest BCUT2D eigenvalue weighted by atomic mass is 79.9. The van der Waals surface area contributed by atoms with Gasteiger partial charge in [-0.15, -0.1) is 0 Å². The van der Waals surface area contributed by atoms with E-state index in [1.807, 2.05) is 28.6 Å². The Bertz CT molecular complexity index is 957. The summed E-state index contributed by atoms with van der Waals surface area (Å²) in [6.07, 6.45) is 0. The number of hydrogen-bond acceptors (Lipinski definition) is 3. The molecule has 26 heavy (non-hydrogen) atoms. The number of nitrogens with zero attached hydrogens (tertiary/aromatic N) is 3. The first-order valence-corrected chi connectivity index (χ1v) is 9.31. The zero-order valence-corrected chi connectivity index (χ0v) is 16.0. The highest BCUT2D eigenvalue weighted by Gasteiger charge is 2.25. The lowest BCUT2D eigenvalue weighted by Gasteiger charge is -2.34. The Hall–Kier alpha value is -2.12. The van der Waals surface area contributed by atoms with Gasteiger partial charge >= 0.3 is 0 Å². The Balaban J connectivity index is 1.41. The molecule has 136 valence electrons. The van der Waals surface area contributed by atoms with E-state index in [1.165, 1.54) is 6.07 Å². The second-order valence-electron chi connectivity index (χ2n) is 6.59. The van der Waals surface area contributed by atoms with Crippen molar-refractivity contribution in [1.29, 1.82) is 0 Å². The molecular weight excluding hydrogens is 401 g/mol. The number of halogens is 2. The van der Waals surface area contributed by atoms with E-state index in [2.05, 4.69) is 20.8 Å². The number of hydrogen-bond donors (Lipinski definition) is 0. The minimum atomic E-state index is -0.212. The fourth-order valence-electron chi connectivity index (χ4n) is 3.45. The van der Waals surface area contributed by atoms with Crippen LogP contribution in [0.1, 0.15) is 16.1 Å². The predicted octanol–water partition coefficient (Wildman–Crippen LogP) is 3.63. The van der Waals surface area contributed by atoms with Crippen LogP contribution in [-0.2, 0) is 13.6 Å². The van der Waals surface area contributed by atoms with Gasteiger partial charge in [-0.1, -0.05) is 12.1 Å². The number of rotatable bonds is 3. The van der Waals surface area contributed by atoms with E-state index >= 15 is 0 Å². The SMILES string of the molecule is Cn1c(C(=O)N2CCN(Cc3cccc(F)c3)CC2)cc2oc(Br)cc21. The molecule has 1 fully saturated rings. The normalized spacial score (nSPS) is 15.7. The fraction of sp³-hybridized carbons (Fsp3) is 0.316. The summed E-state index contributed by atoms with van der Waals surface area (Å²) in [5.74, 6) is -0.198. The average molecular weight is 420 g/mol. The highest BCUT2D eigenvalue weighted by Crippen LogP contribution is 2.27. The van der Waals surface area contributed by atoms with Gasteiger partial charge in [-0.25, -0.2) is 4.39 Å². The lowest BCUT2D eigenvalue weighted by Crippen LogP contribution is -2.48. The van der Waals surface area contributed by atoms with Gasteiger partial charge in [0.25, 0.3) is 5.91 Å². The molecule has 1 aliphatic rings.